The summed E-state index contributed by atoms with van der Waals surface area (Å²) in [6, 6.07) is 14.9. The van der Waals surface area contributed by atoms with Gasteiger partial charge in [-0.3, -0.25) is 0 Å². The summed E-state index contributed by atoms with van der Waals surface area (Å²) >= 11 is 5.82. The van der Waals surface area contributed by atoms with Crippen LogP contribution in [0.5, 0.6) is 0 Å². The highest BCUT2D eigenvalue weighted by molar-refractivity contribution is 7.89. The average Bonchev–Trinajstić information content (AvgIpc) is 3.41. The minimum absolute atomic E-state index is 0.101. The van der Waals surface area contributed by atoms with E-state index in [0.717, 1.165) is 17.7 Å². The molecule has 5 rings (SSSR count). The number of carboxylic acids is 1. The molecular formula is C24H22ClN9O5S. The van der Waals surface area contributed by atoms with Gasteiger partial charge in [-0.25, -0.2) is 23.5 Å². The van der Waals surface area contributed by atoms with Crippen molar-refractivity contribution in [2.75, 3.05) is 22.5 Å². The Hall–Kier alpha value is -4.99. The molecule has 5 aromatic rings. The molecule has 10 N–H and O–H groups in total. The maximum atomic E-state index is 11.3. The molecule has 0 aliphatic carbocycles. The molecule has 206 valence electrons. The fourth-order valence-corrected chi connectivity index (χ4v) is 4.64. The van der Waals surface area contributed by atoms with Crippen molar-refractivity contribution >= 4 is 62.0 Å². The number of nitrogens with zero attached hydrogens (tertiary/aromatic N) is 3. The second-order valence-corrected chi connectivity index (χ2v) is 10.1. The number of hydrogen-bond donors (Lipinski definition) is 5. The molecule has 0 amide bonds. The molecule has 2 aromatic carbocycles. The Bertz CT molecular complexity index is 1800. The van der Waals surface area contributed by atoms with Crippen LogP contribution in [0, 0.1) is 0 Å². The molecule has 16 heteroatoms. The quantitative estimate of drug-likeness (QED) is 0.186. The summed E-state index contributed by atoms with van der Waals surface area (Å²) in [5.74, 6) is -0.300. The molecule has 0 saturated heterocycles. The number of furan rings is 1. The number of rotatable bonds is 6. The highest BCUT2D eigenvalue weighted by atomic mass is 35.5. The fourth-order valence-electron chi connectivity index (χ4n) is 3.54. The predicted octanol–water partition coefficient (Wildman–Crippen LogP) is 0.808. The molecule has 3 aromatic heterocycles. The van der Waals surface area contributed by atoms with Gasteiger partial charge < -0.3 is 36.8 Å². The van der Waals surface area contributed by atoms with Gasteiger partial charge in [-0.05, 0) is 24.3 Å². The zero-order valence-corrected chi connectivity index (χ0v) is 22.0. The minimum atomic E-state index is -4.13. The predicted molar refractivity (Wildman–Crippen MR) is 146 cm³/mol. The average molecular weight is 584 g/mol. The summed E-state index contributed by atoms with van der Waals surface area (Å²) in [6.07, 6.45) is 1.47. The van der Waals surface area contributed by atoms with Crippen LogP contribution < -0.4 is 37.7 Å². The number of carbonyl (C=O) groups excluding carboxylic acids is 1. The third-order valence-corrected chi connectivity index (χ3v) is 6.71. The van der Waals surface area contributed by atoms with Gasteiger partial charge in [0.05, 0.1) is 23.8 Å². The molecule has 0 radical (unpaired) electrons. The SMILES string of the molecule is NS(=O)(=O)c1cc(C(=O)[O-])c(NCc2ccco2)cc1Cl.Nc1nc(N)c2nc(-c3ccccc3)c(N)nc2[nH+]1. The zero-order valence-electron chi connectivity index (χ0n) is 20.5. The van der Waals surface area contributed by atoms with E-state index < -0.39 is 20.9 Å². The Morgan fingerprint density at radius 3 is 2.38 bits per heavy atom. The van der Waals surface area contributed by atoms with Crippen LogP contribution in [0.15, 0.2) is 70.2 Å². The van der Waals surface area contributed by atoms with Gasteiger partial charge in [-0.2, -0.15) is 0 Å². The number of H-pyrrole nitrogens is 1. The molecule has 0 unspecified atom stereocenters. The van der Waals surface area contributed by atoms with E-state index in [9.17, 15) is 18.3 Å². The minimum Gasteiger partial charge on any atom is -0.545 e. The van der Waals surface area contributed by atoms with Crippen LogP contribution >= 0.6 is 11.6 Å². The maximum Gasteiger partial charge on any atom is 0.344 e. The molecule has 3 heterocycles. The highest BCUT2D eigenvalue weighted by Gasteiger charge is 2.18. The molecule has 0 fully saturated rings. The Labute approximate surface area is 232 Å². The van der Waals surface area contributed by atoms with E-state index in [4.69, 9.17) is 38.4 Å². The first-order chi connectivity index (χ1) is 18.9. The lowest BCUT2D eigenvalue weighted by molar-refractivity contribution is -0.333. The van der Waals surface area contributed by atoms with Crippen molar-refractivity contribution in [3.05, 3.63) is 77.2 Å². The lowest BCUT2D eigenvalue weighted by Crippen LogP contribution is -2.25. The van der Waals surface area contributed by atoms with E-state index in [0.29, 0.717) is 28.4 Å². The first kappa shape index (κ1) is 28.0. The number of aromatic nitrogens is 4. The summed E-state index contributed by atoms with van der Waals surface area (Å²) < 4.78 is 27.7. The van der Waals surface area contributed by atoms with Crippen LogP contribution in [0.25, 0.3) is 22.4 Å². The number of anilines is 4. The smallest absolute Gasteiger partial charge is 0.344 e. The van der Waals surface area contributed by atoms with Crippen molar-refractivity contribution in [1.29, 1.82) is 0 Å². The molecule has 0 aliphatic rings. The maximum absolute atomic E-state index is 11.3. The number of nitrogen functional groups attached to an aromatic ring is 3. The van der Waals surface area contributed by atoms with Gasteiger partial charge >= 0.3 is 5.95 Å². The molecule has 0 atom stereocenters. The summed E-state index contributed by atoms with van der Waals surface area (Å²) in [6.45, 7) is 0.193. The molecule has 0 aliphatic heterocycles. The molecular weight excluding hydrogens is 562 g/mol. The van der Waals surface area contributed by atoms with Crippen LogP contribution in [0.1, 0.15) is 16.1 Å². The number of hydrogen-bond acceptors (Lipinski definition) is 12. The molecule has 14 nitrogen and oxygen atoms in total. The number of halogens is 1. The second-order valence-electron chi connectivity index (χ2n) is 8.12. The molecule has 0 spiro atoms. The first-order valence-corrected chi connectivity index (χ1v) is 13.2. The van der Waals surface area contributed by atoms with E-state index in [1.165, 1.54) is 6.26 Å². The Balaban J connectivity index is 0.000000186. The van der Waals surface area contributed by atoms with E-state index in [2.05, 4.69) is 25.3 Å². The van der Waals surface area contributed by atoms with Gasteiger partial charge in [-0.15, -0.1) is 4.98 Å². The van der Waals surface area contributed by atoms with Crippen LogP contribution in [0.4, 0.5) is 23.3 Å². The topological polar surface area (TPSA) is 256 Å². The molecule has 0 bridgehead atoms. The van der Waals surface area contributed by atoms with Crippen molar-refractivity contribution in [3.63, 3.8) is 0 Å². The Morgan fingerprint density at radius 1 is 1.02 bits per heavy atom. The number of carboxylic acid groups (broad SMARTS) is 1. The number of carbonyl (C=O) groups is 1. The zero-order chi connectivity index (χ0) is 29.0. The van der Waals surface area contributed by atoms with Crippen LogP contribution in [-0.4, -0.2) is 29.3 Å². The van der Waals surface area contributed by atoms with Crippen molar-refractivity contribution in [3.8, 4) is 11.3 Å². The monoisotopic (exact) mass is 583 g/mol. The van der Waals surface area contributed by atoms with Crippen molar-refractivity contribution in [2.24, 2.45) is 5.14 Å². The van der Waals surface area contributed by atoms with E-state index in [-0.39, 0.29) is 34.6 Å². The van der Waals surface area contributed by atoms with Gasteiger partial charge in [-0.1, -0.05) is 46.9 Å². The van der Waals surface area contributed by atoms with Gasteiger partial charge in [0, 0.05) is 16.8 Å². The summed E-state index contributed by atoms with van der Waals surface area (Å²) in [5, 5.41) is 18.7. The Kier molecular flexibility index (Phi) is 7.99. The highest BCUT2D eigenvalue weighted by Crippen LogP contribution is 2.28. The number of primary sulfonamides is 1. The van der Waals surface area contributed by atoms with Gasteiger partial charge in [0.2, 0.25) is 21.7 Å². The number of nitrogens with one attached hydrogen (secondary N) is 2. The van der Waals surface area contributed by atoms with Gasteiger partial charge in [0.25, 0.3) is 5.65 Å². The number of aromatic amines is 1. The fraction of sp³-hybridized carbons (Fsp3) is 0.0417. The Morgan fingerprint density at radius 2 is 1.75 bits per heavy atom. The third-order valence-electron chi connectivity index (χ3n) is 5.33. The molecule has 0 saturated carbocycles. The third kappa shape index (κ3) is 6.35. The number of benzene rings is 2. The number of nitrogens with two attached hydrogens (primary N) is 4. The lowest BCUT2D eigenvalue weighted by atomic mass is 10.1. The van der Waals surface area contributed by atoms with Gasteiger partial charge in [0.15, 0.2) is 5.52 Å². The summed E-state index contributed by atoms with van der Waals surface area (Å²) in [7, 11) is -4.13. The first-order valence-electron chi connectivity index (χ1n) is 11.2. The van der Waals surface area contributed by atoms with Crippen molar-refractivity contribution in [1.82, 2.24) is 15.0 Å². The van der Waals surface area contributed by atoms with E-state index >= 15 is 0 Å². The second kappa shape index (κ2) is 11.4. The van der Waals surface area contributed by atoms with Crippen molar-refractivity contribution in [2.45, 2.75) is 11.4 Å². The van der Waals surface area contributed by atoms with Crippen LogP contribution in [0.3, 0.4) is 0 Å². The standard InChI is InChI=1S/C12H11ClN2O5S.C12H11N7/c13-9-5-10(15-6-7-2-1-3-20-7)8(12(16)17)4-11(9)21(14,18)19;13-9-7(6-4-2-1-3-5-6)16-8-10(14)18-12(15)19-11(8)17-9/h1-5,15H,6H2,(H,16,17)(H2,14,18,19);1-5H,(H6,13,14,15,17,18,19). The van der Waals surface area contributed by atoms with E-state index in [1.54, 1.807) is 12.1 Å². The van der Waals surface area contributed by atoms with Crippen molar-refractivity contribution < 1.29 is 27.7 Å². The van der Waals surface area contributed by atoms with Crippen LogP contribution in [0.2, 0.25) is 5.02 Å². The normalized spacial score (nSPS) is 11.1. The van der Waals surface area contributed by atoms with Crippen LogP contribution in [-0.2, 0) is 16.6 Å². The van der Waals surface area contributed by atoms with E-state index in [1.807, 2.05) is 30.3 Å². The van der Waals surface area contributed by atoms with Gasteiger partial charge in [0.1, 0.15) is 16.3 Å². The largest absolute Gasteiger partial charge is 0.545 e. The number of aromatic carboxylic acids is 1. The molecule has 40 heavy (non-hydrogen) atoms. The number of fused-ring (bicyclic) bond motifs is 1. The summed E-state index contributed by atoms with van der Waals surface area (Å²) in [4.78, 5) is 26.0. The summed E-state index contributed by atoms with van der Waals surface area (Å²) in [5.41, 5.74) is 19.3. The lowest BCUT2D eigenvalue weighted by Gasteiger charge is -2.14. The number of sulfonamides is 1.